The lowest BCUT2D eigenvalue weighted by atomic mass is 9.98. The van der Waals surface area contributed by atoms with E-state index in [1.807, 2.05) is 6.26 Å². The van der Waals surface area contributed by atoms with E-state index in [-0.39, 0.29) is 6.42 Å². The zero-order valence-electron chi connectivity index (χ0n) is 14.1. The minimum Gasteiger partial charge on any atom is -0.467 e. The van der Waals surface area contributed by atoms with Crippen molar-refractivity contribution in [1.29, 1.82) is 0 Å². The average molecular weight is 364 g/mol. The summed E-state index contributed by atoms with van der Waals surface area (Å²) in [6.07, 6.45) is 2.37. The van der Waals surface area contributed by atoms with Gasteiger partial charge in [0.1, 0.15) is 12.6 Å². The Bertz CT molecular complexity index is 691. The summed E-state index contributed by atoms with van der Waals surface area (Å²) < 4.78 is 4.68. The first-order chi connectivity index (χ1) is 12.0. The molecule has 0 bridgehead atoms. The molecule has 0 unspecified atom stereocenters. The van der Waals surface area contributed by atoms with E-state index in [1.54, 1.807) is 24.3 Å². The molecule has 134 valence electrons. The predicted octanol–water partition coefficient (Wildman–Crippen LogP) is 0.622. The number of carbonyl (C=O) groups excluding carboxylic acids is 4. The molecule has 0 radical (unpaired) electrons. The van der Waals surface area contributed by atoms with Gasteiger partial charge in [-0.3, -0.25) is 19.3 Å². The van der Waals surface area contributed by atoms with Gasteiger partial charge in [-0.05, 0) is 30.1 Å². The van der Waals surface area contributed by atoms with Crippen LogP contribution in [0.25, 0.3) is 0 Å². The number of rotatable bonds is 7. The highest BCUT2D eigenvalue weighted by Crippen LogP contribution is 2.19. The van der Waals surface area contributed by atoms with Crippen LogP contribution in [0.2, 0.25) is 0 Å². The van der Waals surface area contributed by atoms with Crippen LogP contribution < -0.4 is 5.32 Å². The summed E-state index contributed by atoms with van der Waals surface area (Å²) in [5.74, 6) is -1.39. The summed E-state index contributed by atoms with van der Waals surface area (Å²) in [5.41, 5.74) is 1.07. The number of fused-ring (bicyclic) bond motifs is 1. The number of imide groups is 1. The van der Waals surface area contributed by atoms with E-state index >= 15 is 0 Å². The molecule has 7 nitrogen and oxygen atoms in total. The molecule has 0 saturated heterocycles. The van der Waals surface area contributed by atoms with Gasteiger partial charge >= 0.3 is 5.97 Å². The van der Waals surface area contributed by atoms with Crippen LogP contribution in [-0.2, 0) is 25.5 Å². The monoisotopic (exact) mass is 364 g/mol. The molecule has 1 aromatic rings. The second-order valence-electron chi connectivity index (χ2n) is 5.54. The summed E-state index contributed by atoms with van der Waals surface area (Å²) in [5, 5.41) is 2.54. The third-order valence-electron chi connectivity index (χ3n) is 3.87. The summed E-state index contributed by atoms with van der Waals surface area (Å²) in [7, 11) is 1.25. The highest BCUT2D eigenvalue weighted by atomic mass is 32.2. The van der Waals surface area contributed by atoms with Crippen molar-refractivity contribution in [2.75, 3.05) is 25.7 Å². The standard InChI is InChI=1S/C17H20N2O5S/c1-24-17(23)13(7-8-25-2)18-14(20)10-19-15(21)9-11-5-3-4-6-12(11)16(19)22/h3-6,13H,7-10H2,1-2H3,(H,18,20)/t13-/m1/s1. The van der Waals surface area contributed by atoms with E-state index in [4.69, 9.17) is 0 Å². The molecule has 8 heteroatoms. The number of hydrogen-bond donors (Lipinski definition) is 1. The lowest BCUT2D eigenvalue weighted by molar-refractivity contribution is -0.145. The number of hydrogen-bond acceptors (Lipinski definition) is 6. The van der Waals surface area contributed by atoms with Crippen molar-refractivity contribution in [2.24, 2.45) is 0 Å². The topological polar surface area (TPSA) is 92.8 Å². The summed E-state index contributed by atoms with van der Waals surface area (Å²) >= 11 is 1.54. The molecule has 0 fully saturated rings. The third-order valence-corrected chi connectivity index (χ3v) is 4.51. The molecule has 0 aliphatic carbocycles. The molecule has 1 aliphatic heterocycles. The minimum absolute atomic E-state index is 0.0715. The fourth-order valence-corrected chi connectivity index (χ4v) is 3.04. The zero-order chi connectivity index (χ0) is 18.4. The Morgan fingerprint density at radius 1 is 1.32 bits per heavy atom. The van der Waals surface area contributed by atoms with Gasteiger partial charge in [-0.1, -0.05) is 18.2 Å². The molecule has 25 heavy (non-hydrogen) atoms. The van der Waals surface area contributed by atoms with Crippen LogP contribution in [0, 0.1) is 0 Å². The molecule has 2 rings (SSSR count). The second kappa shape index (κ2) is 8.66. The number of thioether (sulfide) groups is 1. The van der Waals surface area contributed by atoms with Crippen molar-refractivity contribution in [3.8, 4) is 0 Å². The highest BCUT2D eigenvalue weighted by molar-refractivity contribution is 7.98. The van der Waals surface area contributed by atoms with Gasteiger partial charge in [0.05, 0.1) is 13.5 Å². The largest absolute Gasteiger partial charge is 0.467 e. The second-order valence-corrected chi connectivity index (χ2v) is 6.53. The first-order valence-electron chi connectivity index (χ1n) is 7.76. The van der Waals surface area contributed by atoms with Gasteiger partial charge < -0.3 is 10.1 Å². The number of nitrogens with one attached hydrogen (secondary N) is 1. The molecule has 1 atom stereocenters. The number of benzene rings is 1. The molecule has 1 heterocycles. The summed E-state index contributed by atoms with van der Waals surface area (Å²) in [6.45, 7) is -0.418. The van der Waals surface area contributed by atoms with Gasteiger partial charge in [-0.15, -0.1) is 0 Å². The lowest BCUT2D eigenvalue weighted by Gasteiger charge is -2.27. The number of amides is 3. The predicted molar refractivity (Wildman–Crippen MR) is 93.1 cm³/mol. The van der Waals surface area contributed by atoms with Crippen LogP contribution in [0.15, 0.2) is 24.3 Å². The van der Waals surface area contributed by atoms with Gasteiger partial charge in [0.25, 0.3) is 5.91 Å². The minimum atomic E-state index is -0.799. The van der Waals surface area contributed by atoms with Crippen LogP contribution in [-0.4, -0.2) is 60.3 Å². The summed E-state index contributed by atoms with van der Waals surface area (Å²) in [4.78, 5) is 49.5. The number of ether oxygens (including phenoxy) is 1. The molecule has 0 aromatic heterocycles. The maximum absolute atomic E-state index is 12.4. The first-order valence-corrected chi connectivity index (χ1v) is 9.16. The molecule has 0 spiro atoms. The molecular weight excluding hydrogens is 344 g/mol. The van der Waals surface area contributed by atoms with Crippen LogP contribution in [0.3, 0.4) is 0 Å². The zero-order valence-corrected chi connectivity index (χ0v) is 14.9. The van der Waals surface area contributed by atoms with Crippen LogP contribution in [0.1, 0.15) is 22.3 Å². The van der Waals surface area contributed by atoms with Crippen LogP contribution in [0.5, 0.6) is 0 Å². The number of nitrogens with zero attached hydrogens (tertiary/aromatic N) is 1. The van der Waals surface area contributed by atoms with Crippen molar-refractivity contribution in [3.63, 3.8) is 0 Å². The quantitative estimate of drug-likeness (QED) is 0.563. The van der Waals surface area contributed by atoms with E-state index in [1.165, 1.54) is 18.9 Å². The maximum Gasteiger partial charge on any atom is 0.328 e. The maximum atomic E-state index is 12.4. The number of carbonyl (C=O) groups is 4. The Balaban J connectivity index is 2.05. The third kappa shape index (κ3) is 4.60. The van der Waals surface area contributed by atoms with Gasteiger partial charge in [0, 0.05) is 5.56 Å². The molecule has 1 aliphatic rings. The SMILES string of the molecule is COC(=O)[C@@H](CCSC)NC(=O)CN1C(=O)Cc2ccccc2C1=O. The Hall–Kier alpha value is -2.35. The summed E-state index contributed by atoms with van der Waals surface area (Å²) in [6, 6.07) is 6.02. The van der Waals surface area contributed by atoms with Gasteiger partial charge in [-0.2, -0.15) is 11.8 Å². The van der Waals surface area contributed by atoms with Crippen molar-refractivity contribution in [3.05, 3.63) is 35.4 Å². The smallest absolute Gasteiger partial charge is 0.328 e. The fraction of sp³-hybridized carbons (Fsp3) is 0.412. The van der Waals surface area contributed by atoms with Gasteiger partial charge in [-0.25, -0.2) is 4.79 Å². The van der Waals surface area contributed by atoms with E-state index < -0.39 is 36.3 Å². The molecule has 0 saturated carbocycles. The number of methoxy groups -OCH3 is 1. The van der Waals surface area contributed by atoms with Crippen molar-refractivity contribution in [2.45, 2.75) is 18.9 Å². The van der Waals surface area contributed by atoms with Gasteiger partial charge in [0.15, 0.2) is 0 Å². The average Bonchev–Trinajstić information content (AvgIpc) is 2.61. The van der Waals surface area contributed by atoms with E-state index in [0.717, 1.165) is 4.90 Å². The van der Waals surface area contributed by atoms with Crippen molar-refractivity contribution >= 4 is 35.5 Å². The molecular formula is C17H20N2O5S. The first kappa shape index (κ1) is 19.0. The fourth-order valence-electron chi connectivity index (χ4n) is 2.57. The normalized spacial score (nSPS) is 14.7. The lowest BCUT2D eigenvalue weighted by Crippen LogP contribution is -2.50. The van der Waals surface area contributed by atoms with Crippen LogP contribution >= 0.6 is 11.8 Å². The van der Waals surface area contributed by atoms with E-state index in [0.29, 0.717) is 23.3 Å². The Morgan fingerprint density at radius 2 is 2.04 bits per heavy atom. The highest BCUT2D eigenvalue weighted by Gasteiger charge is 2.32. The number of esters is 1. The van der Waals surface area contributed by atoms with Crippen LogP contribution in [0.4, 0.5) is 0 Å². The van der Waals surface area contributed by atoms with E-state index in [2.05, 4.69) is 10.1 Å². The van der Waals surface area contributed by atoms with Gasteiger partial charge in [0.2, 0.25) is 11.8 Å². The Labute approximate surface area is 150 Å². The Kier molecular flexibility index (Phi) is 6.58. The van der Waals surface area contributed by atoms with Crippen molar-refractivity contribution in [1.82, 2.24) is 10.2 Å². The molecule has 3 amide bonds. The molecule has 1 aromatic carbocycles. The van der Waals surface area contributed by atoms with E-state index in [9.17, 15) is 19.2 Å². The van der Waals surface area contributed by atoms with Crippen molar-refractivity contribution < 1.29 is 23.9 Å². The molecule has 1 N–H and O–H groups in total. The Morgan fingerprint density at radius 3 is 2.72 bits per heavy atom.